The Morgan fingerprint density at radius 1 is 0.449 bits per heavy atom. The minimum atomic E-state index is -4.08. The number of rotatable bonds is 39. The molecule has 0 aliphatic rings. The van der Waals surface area contributed by atoms with Crippen molar-refractivity contribution in [1.29, 1.82) is 0 Å². The largest absolute Gasteiger partial charge is 0.481 e. The van der Waals surface area contributed by atoms with Crippen LogP contribution in [0.5, 0.6) is 0 Å². The fourth-order valence-electron chi connectivity index (χ4n) is 7.95. The average Bonchev–Trinajstić information content (AvgIpc) is 3.27. The summed E-state index contributed by atoms with van der Waals surface area (Å²) < 4.78 is 62.4. The number of aliphatic hydroxyl groups excluding tert-OH is 1. The molecule has 0 amide bonds. The Hall–Kier alpha value is -1.60. The van der Waals surface area contributed by atoms with E-state index in [1.54, 1.807) is 38.1 Å². The van der Waals surface area contributed by atoms with Gasteiger partial charge in [-0.15, -0.1) is 0 Å². The maximum absolute atomic E-state index is 11.1. The number of carboxylic acid groups (broad SMARTS) is 1. The zero-order valence-corrected chi connectivity index (χ0v) is 48.1. The van der Waals surface area contributed by atoms with Crippen LogP contribution in [0.25, 0.3) is 0 Å². The summed E-state index contributed by atoms with van der Waals surface area (Å²) in [7, 11) is -8.16. The molecule has 12 heteroatoms. The zero-order valence-electron chi connectivity index (χ0n) is 44.9. The Balaban J connectivity index is -0.000000904. The van der Waals surface area contributed by atoms with Gasteiger partial charge in [0.2, 0.25) is 0 Å². The molecule has 4 N–H and O–H groups in total. The first-order valence-corrected chi connectivity index (χ1v) is 30.3. The minimum Gasteiger partial charge on any atom is -0.481 e. The molecule has 0 heterocycles. The van der Waals surface area contributed by atoms with Gasteiger partial charge in [-0.2, -0.15) is 16.8 Å². The quantitative estimate of drug-likeness (QED) is 0.0290. The van der Waals surface area contributed by atoms with E-state index in [2.05, 4.69) is 27.7 Å². The number of hydrogen-bond donors (Lipinski definition) is 4. The molecule has 0 aromatic heterocycles. The van der Waals surface area contributed by atoms with Crippen LogP contribution >= 0.6 is 0 Å². The first-order valence-electron chi connectivity index (χ1n) is 27.5. The molecule has 69 heavy (non-hydrogen) atoms. The summed E-state index contributed by atoms with van der Waals surface area (Å²) >= 11 is 0. The van der Waals surface area contributed by atoms with E-state index < -0.39 is 26.2 Å². The number of hydrogen-bond acceptors (Lipinski definition) is 6. The third-order valence-corrected chi connectivity index (χ3v) is 13.7. The van der Waals surface area contributed by atoms with E-state index in [1.165, 1.54) is 198 Å². The molecule has 0 aliphatic carbocycles. The molecule has 0 aliphatic heterocycles. The average molecular weight is 1050 g/mol. The standard InChI is InChI=1S/2C18H30O3S.C18H36O2.C3H8O.Ti/c2*1-2-3-4-5-6-7-8-9-10-11-13-17-14-12-15-18(16-17)22(19,20)21;1-17(2)15-13-11-9-7-5-3-4-6-8-10-12-14-16-18(19)20;1-3(2)4;/h2*12,14-16H,2-11,13H2,1H3,(H,19,20,21);17H,3-16H2,1-2H3,(H,19,20);3-4H,1-2H3;. The molecule has 9 nitrogen and oxygen atoms in total. The minimum absolute atomic E-state index is 0. The van der Waals surface area contributed by atoms with Crippen LogP contribution in [-0.4, -0.2) is 48.2 Å². The van der Waals surface area contributed by atoms with Crippen LogP contribution in [0.15, 0.2) is 58.3 Å². The van der Waals surface area contributed by atoms with E-state index in [4.69, 9.17) is 19.3 Å². The van der Waals surface area contributed by atoms with E-state index in [1.807, 2.05) is 12.1 Å². The summed E-state index contributed by atoms with van der Waals surface area (Å²) in [6.07, 6.45) is 44.8. The second-order valence-electron chi connectivity index (χ2n) is 19.8. The van der Waals surface area contributed by atoms with Gasteiger partial charge in [0.25, 0.3) is 20.2 Å². The topological polar surface area (TPSA) is 166 Å². The Morgan fingerprint density at radius 2 is 0.710 bits per heavy atom. The summed E-state index contributed by atoms with van der Waals surface area (Å²) in [5, 5.41) is 16.6. The van der Waals surface area contributed by atoms with Gasteiger partial charge < -0.3 is 10.2 Å². The van der Waals surface area contributed by atoms with Crippen LogP contribution in [0.4, 0.5) is 0 Å². The number of aliphatic carboxylic acids is 1. The van der Waals surface area contributed by atoms with Crippen LogP contribution in [0.1, 0.15) is 271 Å². The van der Waals surface area contributed by atoms with Crippen molar-refractivity contribution in [3.05, 3.63) is 59.7 Å². The number of carboxylic acids is 1. The van der Waals surface area contributed by atoms with Crippen molar-refractivity contribution in [2.75, 3.05) is 0 Å². The number of aliphatic hydroxyl groups is 1. The molecular weight excluding hydrogens is 941 g/mol. The molecule has 2 aromatic rings. The SMILES string of the molecule is CC(C)CCCCCCCCCCCCCCC(=O)O.CC(C)O.CCCCCCCCCCCCc1cccc(S(=O)(=O)O)c1.CCCCCCCCCCCCc1cccc(S(=O)(=O)O)c1.[Ti]. The van der Waals surface area contributed by atoms with Crippen LogP contribution < -0.4 is 0 Å². The maximum atomic E-state index is 11.1. The second kappa shape index (κ2) is 50.0. The number of unbranched alkanes of at least 4 members (excludes halogenated alkanes) is 29. The molecule has 2 rings (SSSR count). The summed E-state index contributed by atoms with van der Waals surface area (Å²) in [5.74, 6) is 0.212. The molecular formula is C57H104O9S2Ti. The predicted molar refractivity (Wildman–Crippen MR) is 288 cm³/mol. The van der Waals surface area contributed by atoms with Gasteiger partial charge in [-0.3, -0.25) is 13.9 Å². The van der Waals surface area contributed by atoms with Gasteiger partial charge in [0.15, 0.2) is 0 Å². The molecule has 0 radical (unpaired) electrons. The fraction of sp³-hybridized carbons (Fsp3) is 0.772. The normalized spacial score (nSPS) is 11.2. The van der Waals surface area contributed by atoms with Gasteiger partial charge in [0, 0.05) is 34.2 Å². The number of carbonyl (C=O) groups is 1. The molecule has 0 saturated heterocycles. The first-order chi connectivity index (χ1) is 32.4. The van der Waals surface area contributed by atoms with Gasteiger partial charge in [0.1, 0.15) is 0 Å². The molecule has 0 atom stereocenters. The monoisotopic (exact) mass is 1040 g/mol. The summed E-state index contributed by atoms with van der Waals surface area (Å²) in [6, 6.07) is 13.2. The van der Waals surface area contributed by atoms with Crippen molar-refractivity contribution in [2.45, 2.75) is 289 Å². The molecule has 402 valence electrons. The Morgan fingerprint density at radius 3 is 0.971 bits per heavy atom. The number of benzene rings is 2. The number of aryl methyl sites for hydroxylation is 2. The van der Waals surface area contributed by atoms with Crippen molar-refractivity contribution < 1.29 is 62.7 Å². The third-order valence-electron chi connectivity index (χ3n) is 12.0. The molecule has 0 fully saturated rings. The van der Waals surface area contributed by atoms with Crippen LogP contribution in [0, 0.1) is 5.92 Å². The second-order valence-corrected chi connectivity index (χ2v) is 22.6. The van der Waals surface area contributed by atoms with E-state index in [0.29, 0.717) is 6.42 Å². The van der Waals surface area contributed by atoms with Crippen molar-refractivity contribution in [3.8, 4) is 0 Å². The Kier molecular flexibility index (Phi) is 51.9. The van der Waals surface area contributed by atoms with Crippen molar-refractivity contribution in [1.82, 2.24) is 0 Å². The molecule has 0 saturated carbocycles. The molecule has 2 aromatic carbocycles. The third kappa shape index (κ3) is 54.0. The van der Waals surface area contributed by atoms with Gasteiger partial charge in [0.05, 0.1) is 9.79 Å². The van der Waals surface area contributed by atoms with Gasteiger partial charge in [-0.1, -0.05) is 245 Å². The van der Waals surface area contributed by atoms with Crippen molar-refractivity contribution >= 4 is 26.2 Å². The predicted octanol–water partition coefficient (Wildman–Crippen LogP) is 17.4. The molecule has 0 unspecified atom stereocenters. The van der Waals surface area contributed by atoms with Gasteiger partial charge >= 0.3 is 5.97 Å². The molecule has 0 spiro atoms. The summed E-state index contributed by atoms with van der Waals surface area (Å²) in [4.78, 5) is 10.3. The Labute approximate surface area is 440 Å². The van der Waals surface area contributed by atoms with E-state index >= 15 is 0 Å². The Bertz CT molecular complexity index is 1550. The van der Waals surface area contributed by atoms with E-state index in [-0.39, 0.29) is 37.6 Å². The van der Waals surface area contributed by atoms with E-state index in [0.717, 1.165) is 55.6 Å². The van der Waals surface area contributed by atoms with Gasteiger partial charge in [-0.05, 0) is 87.3 Å². The van der Waals surface area contributed by atoms with Crippen LogP contribution in [0.3, 0.4) is 0 Å². The van der Waals surface area contributed by atoms with Crippen molar-refractivity contribution in [3.63, 3.8) is 0 Å². The zero-order chi connectivity index (χ0) is 51.2. The molecule has 0 bridgehead atoms. The van der Waals surface area contributed by atoms with Crippen LogP contribution in [0.2, 0.25) is 0 Å². The van der Waals surface area contributed by atoms with Gasteiger partial charge in [-0.25, -0.2) is 0 Å². The van der Waals surface area contributed by atoms with Crippen LogP contribution in [-0.2, 0) is 59.6 Å². The van der Waals surface area contributed by atoms with E-state index in [9.17, 15) is 21.6 Å². The smallest absolute Gasteiger partial charge is 0.303 e. The van der Waals surface area contributed by atoms with Crippen molar-refractivity contribution in [2.24, 2.45) is 5.92 Å². The fourth-order valence-corrected chi connectivity index (χ4v) is 9.05. The maximum Gasteiger partial charge on any atom is 0.303 e. The summed E-state index contributed by atoms with van der Waals surface area (Å²) in [6.45, 7) is 12.5. The summed E-state index contributed by atoms with van der Waals surface area (Å²) in [5.41, 5.74) is 1.96. The first kappa shape index (κ1) is 71.7.